The summed E-state index contributed by atoms with van der Waals surface area (Å²) in [6.45, 7) is 5.67. The maximum atomic E-state index is 12.3. The molecule has 1 fully saturated rings. The topological polar surface area (TPSA) is 103 Å². The maximum Gasteiger partial charge on any atom is 0.244 e. The minimum Gasteiger partial charge on any atom is -0.340 e. The van der Waals surface area contributed by atoms with E-state index in [2.05, 4.69) is 39.5 Å². The third kappa shape index (κ3) is 3.54. The van der Waals surface area contributed by atoms with Crippen molar-refractivity contribution >= 4 is 5.91 Å². The van der Waals surface area contributed by atoms with Crippen molar-refractivity contribution in [3.05, 3.63) is 18.0 Å². The van der Waals surface area contributed by atoms with Gasteiger partial charge in [0.1, 0.15) is 12.9 Å². The second-order valence-corrected chi connectivity index (χ2v) is 5.99. The van der Waals surface area contributed by atoms with Crippen LogP contribution in [0.25, 0.3) is 0 Å². The Bertz CT molecular complexity index is 639. The Balaban J connectivity index is 1.63. The summed E-state index contributed by atoms with van der Waals surface area (Å²) < 4.78 is 6.85. The van der Waals surface area contributed by atoms with Crippen LogP contribution in [0, 0.1) is 0 Å². The van der Waals surface area contributed by atoms with Gasteiger partial charge in [0.05, 0.1) is 5.92 Å². The van der Waals surface area contributed by atoms with E-state index in [1.165, 1.54) is 11.0 Å². The Kier molecular flexibility index (Phi) is 4.63. The van der Waals surface area contributed by atoms with Crippen LogP contribution in [0.15, 0.2) is 10.9 Å². The lowest BCUT2D eigenvalue weighted by Crippen LogP contribution is -2.41. The zero-order valence-electron chi connectivity index (χ0n) is 13.4. The molecule has 2 atom stereocenters. The van der Waals surface area contributed by atoms with Crippen molar-refractivity contribution in [2.24, 2.45) is 0 Å². The molecule has 0 aromatic carbocycles. The number of carbonyl (C=O) groups excluding carboxylic acids is 1. The van der Waals surface area contributed by atoms with E-state index in [0.29, 0.717) is 12.4 Å². The molecular weight excluding hydrogens is 298 g/mol. The molecular formula is C14H21N7O2. The number of carbonyl (C=O) groups is 1. The maximum absolute atomic E-state index is 12.3. The largest absolute Gasteiger partial charge is 0.340 e. The molecule has 9 heteroatoms. The van der Waals surface area contributed by atoms with Crippen LogP contribution >= 0.6 is 0 Å². The molecule has 0 unspecified atom stereocenters. The van der Waals surface area contributed by atoms with Gasteiger partial charge < -0.3 is 9.42 Å². The minimum atomic E-state index is 0.00339. The highest BCUT2D eigenvalue weighted by atomic mass is 16.5. The van der Waals surface area contributed by atoms with E-state index in [9.17, 15) is 4.79 Å². The van der Waals surface area contributed by atoms with E-state index in [-0.39, 0.29) is 24.3 Å². The third-order valence-corrected chi connectivity index (χ3v) is 4.32. The quantitative estimate of drug-likeness (QED) is 0.809. The number of aromatic nitrogens is 6. The summed E-state index contributed by atoms with van der Waals surface area (Å²) in [6.07, 6.45) is 4.29. The van der Waals surface area contributed by atoms with Gasteiger partial charge in [0.25, 0.3) is 0 Å². The zero-order chi connectivity index (χ0) is 16.2. The average Bonchev–Trinajstić information content (AvgIpc) is 3.26. The fraction of sp³-hybridized carbons (Fsp3) is 0.714. The Hall–Kier alpha value is -2.32. The summed E-state index contributed by atoms with van der Waals surface area (Å²) in [7, 11) is 0. The van der Waals surface area contributed by atoms with Crippen molar-refractivity contribution in [1.29, 1.82) is 0 Å². The molecule has 0 saturated carbocycles. The van der Waals surface area contributed by atoms with Crippen LogP contribution in [-0.2, 0) is 11.3 Å². The number of rotatable bonds is 5. The number of piperidine rings is 1. The number of nitrogens with zero attached hydrogens (tertiary/aromatic N) is 7. The molecule has 23 heavy (non-hydrogen) atoms. The van der Waals surface area contributed by atoms with Crippen molar-refractivity contribution in [2.75, 3.05) is 13.1 Å². The van der Waals surface area contributed by atoms with Crippen molar-refractivity contribution < 1.29 is 9.32 Å². The summed E-state index contributed by atoms with van der Waals surface area (Å²) in [4.78, 5) is 18.7. The normalized spacial score (nSPS) is 19.7. The van der Waals surface area contributed by atoms with Crippen LogP contribution < -0.4 is 0 Å². The van der Waals surface area contributed by atoms with Gasteiger partial charge in [-0.3, -0.25) is 4.79 Å². The molecule has 3 rings (SSSR count). The molecule has 1 aliphatic rings. The van der Waals surface area contributed by atoms with Crippen LogP contribution in [0.3, 0.4) is 0 Å². The lowest BCUT2D eigenvalue weighted by Gasteiger charge is -2.30. The highest BCUT2D eigenvalue weighted by molar-refractivity contribution is 5.76. The van der Waals surface area contributed by atoms with Crippen molar-refractivity contribution in [3.63, 3.8) is 0 Å². The predicted molar refractivity (Wildman–Crippen MR) is 79.4 cm³/mol. The summed E-state index contributed by atoms with van der Waals surface area (Å²) in [5.41, 5.74) is 0. The summed E-state index contributed by atoms with van der Waals surface area (Å²) >= 11 is 0. The number of hydrogen-bond donors (Lipinski definition) is 0. The third-order valence-electron chi connectivity index (χ3n) is 4.32. The van der Waals surface area contributed by atoms with Crippen LogP contribution in [0.5, 0.6) is 0 Å². The second kappa shape index (κ2) is 6.84. The summed E-state index contributed by atoms with van der Waals surface area (Å²) in [5, 5.41) is 14.9. The predicted octanol–water partition coefficient (Wildman–Crippen LogP) is 0.976. The van der Waals surface area contributed by atoms with Crippen LogP contribution in [-0.4, -0.2) is 54.2 Å². The molecule has 1 amide bonds. The molecule has 2 aromatic heterocycles. The highest BCUT2D eigenvalue weighted by Gasteiger charge is 2.29. The molecule has 0 bridgehead atoms. The van der Waals surface area contributed by atoms with Gasteiger partial charge in [0.15, 0.2) is 5.82 Å². The number of likely N-dealkylation sites (tertiary alicyclic amines) is 1. The van der Waals surface area contributed by atoms with E-state index in [4.69, 9.17) is 4.52 Å². The zero-order valence-corrected chi connectivity index (χ0v) is 13.4. The molecule has 1 aliphatic heterocycles. The fourth-order valence-corrected chi connectivity index (χ4v) is 2.69. The molecule has 0 radical (unpaired) electrons. The summed E-state index contributed by atoms with van der Waals surface area (Å²) in [6, 6.07) is 0. The van der Waals surface area contributed by atoms with E-state index < -0.39 is 0 Å². The molecule has 0 spiro atoms. The van der Waals surface area contributed by atoms with E-state index in [1.54, 1.807) is 0 Å². The first-order chi connectivity index (χ1) is 11.2. The lowest BCUT2D eigenvalue weighted by molar-refractivity contribution is -0.133. The summed E-state index contributed by atoms with van der Waals surface area (Å²) in [5.74, 6) is 1.78. The Labute approximate surface area is 134 Å². The molecule has 0 aliphatic carbocycles. The van der Waals surface area contributed by atoms with E-state index in [0.717, 1.165) is 31.6 Å². The van der Waals surface area contributed by atoms with E-state index >= 15 is 0 Å². The molecule has 1 saturated heterocycles. The van der Waals surface area contributed by atoms with Crippen molar-refractivity contribution in [1.82, 2.24) is 35.2 Å². The van der Waals surface area contributed by atoms with Crippen molar-refractivity contribution in [3.8, 4) is 0 Å². The molecule has 124 valence electrons. The van der Waals surface area contributed by atoms with Gasteiger partial charge in [-0.15, -0.1) is 5.10 Å². The Morgan fingerprint density at radius 2 is 2.39 bits per heavy atom. The lowest BCUT2D eigenvalue weighted by atomic mass is 9.98. The van der Waals surface area contributed by atoms with Gasteiger partial charge >= 0.3 is 0 Å². The fourth-order valence-electron chi connectivity index (χ4n) is 2.69. The Morgan fingerprint density at radius 3 is 3.13 bits per heavy atom. The van der Waals surface area contributed by atoms with Gasteiger partial charge in [0.2, 0.25) is 11.8 Å². The van der Waals surface area contributed by atoms with Gasteiger partial charge in [-0.1, -0.05) is 19.0 Å². The van der Waals surface area contributed by atoms with Crippen molar-refractivity contribution in [2.45, 2.75) is 51.5 Å². The number of amides is 1. The number of hydrogen-bond acceptors (Lipinski definition) is 7. The molecule has 0 N–H and O–H groups in total. The van der Waals surface area contributed by atoms with Crippen LogP contribution in [0.1, 0.15) is 56.7 Å². The first kappa shape index (κ1) is 15.6. The molecule has 9 nitrogen and oxygen atoms in total. The van der Waals surface area contributed by atoms with Crippen LogP contribution in [0.2, 0.25) is 0 Å². The Morgan fingerprint density at radius 1 is 1.52 bits per heavy atom. The number of tetrazole rings is 1. The van der Waals surface area contributed by atoms with Gasteiger partial charge in [0, 0.05) is 19.0 Å². The van der Waals surface area contributed by atoms with Gasteiger partial charge in [-0.2, -0.15) is 4.98 Å². The molecule has 2 aromatic rings. The van der Waals surface area contributed by atoms with Gasteiger partial charge in [-0.25, -0.2) is 4.68 Å². The van der Waals surface area contributed by atoms with Crippen LogP contribution in [0.4, 0.5) is 0 Å². The monoisotopic (exact) mass is 319 g/mol. The average molecular weight is 319 g/mol. The second-order valence-electron chi connectivity index (χ2n) is 5.99. The molecule has 3 heterocycles. The first-order valence-electron chi connectivity index (χ1n) is 7.99. The smallest absolute Gasteiger partial charge is 0.244 e. The highest BCUT2D eigenvalue weighted by Crippen LogP contribution is 2.27. The van der Waals surface area contributed by atoms with Gasteiger partial charge in [-0.05, 0) is 29.7 Å². The SMILES string of the molecule is CC[C@@H](C)c1noc([C@@H]2CCCN(C(=O)Cn3cnnn3)C2)n1. The first-order valence-corrected chi connectivity index (χ1v) is 7.99. The van der Waals surface area contributed by atoms with E-state index in [1.807, 2.05) is 4.90 Å². The minimum absolute atomic E-state index is 0.00339. The standard InChI is InChI=1S/C14H21N7O2/c1-3-10(2)13-16-14(23-17-13)11-5-4-6-20(7-11)12(22)8-21-9-15-18-19-21/h9-11H,3-8H2,1-2H3/t10-,11-/m1/s1.